The second kappa shape index (κ2) is 7.36. The van der Waals surface area contributed by atoms with Crippen LogP contribution in [0.2, 0.25) is 0 Å². The lowest BCUT2D eigenvalue weighted by molar-refractivity contribution is -0.114. The van der Waals surface area contributed by atoms with Crippen LogP contribution in [0.15, 0.2) is 30.3 Å². The second-order valence-corrected chi connectivity index (χ2v) is 6.02. The molecule has 1 fully saturated rings. The van der Waals surface area contributed by atoms with Gasteiger partial charge in [0.15, 0.2) is 0 Å². The molecule has 1 aromatic rings. The molecule has 118 valence electrons. The lowest BCUT2D eigenvalue weighted by Gasteiger charge is -2.37. The molecule has 4 heteroatoms. The van der Waals surface area contributed by atoms with Gasteiger partial charge in [-0.2, -0.15) is 0 Å². The lowest BCUT2D eigenvalue weighted by Crippen LogP contribution is -2.49. The highest BCUT2D eigenvalue weighted by Crippen LogP contribution is 2.26. The number of hydrogen-bond acceptors (Lipinski definition) is 4. The molecule has 0 spiro atoms. The van der Waals surface area contributed by atoms with Crippen LogP contribution in [0.4, 0.5) is 0 Å². The molecule has 2 N–H and O–H groups in total. The number of ether oxygens (including phenoxy) is 2. The molecule has 0 aromatic heterocycles. The van der Waals surface area contributed by atoms with Crippen molar-refractivity contribution in [2.75, 3.05) is 20.3 Å². The summed E-state index contributed by atoms with van der Waals surface area (Å²) in [6.45, 7) is 4.62. The van der Waals surface area contributed by atoms with E-state index in [-0.39, 0.29) is 24.9 Å². The molecule has 0 aliphatic carbocycles. The molecule has 3 unspecified atom stereocenters. The van der Waals surface area contributed by atoms with E-state index in [2.05, 4.69) is 19.2 Å². The summed E-state index contributed by atoms with van der Waals surface area (Å²) in [6, 6.07) is 9.98. The van der Waals surface area contributed by atoms with Gasteiger partial charge >= 0.3 is 0 Å². The van der Waals surface area contributed by atoms with Crippen LogP contribution in [0.1, 0.15) is 32.3 Å². The van der Waals surface area contributed by atoms with Gasteiger partial charge in [0.25, 0.3) is 0 Å². The first-order valence-corrected chi connectivity index (χ1v) is 7.72. The van der Waals surface area contributed by atoms with Crippen LogP contribution < -0.4 is 5.32 Å². The van der Waals surface area contributed by atoms with Crippen LogP contribution in [-0.4, -0.2) is 43.7 Å². The minimum absolute atomic E-state index is 0.00183. The number of aliphatic hydroxyl groups is 1. The molecular weight excluding hydrogens is 266 g/mol. The third-order valence-electron chi connectivity index (χ3n) is 4.29. The molecule has 1 saturated heterocycles. The van der Waals surface area contributed by atoms with Gasteiger partial charge in [-0.05, 0) is 39.3 Å². The monoisotopic (exact) mass is 293 g/mol. The number of benzene rings is 1. The topological polar surface area (TPSA) is 50.7 Å². The summed E-state index contributed by atoms with van der Waals surface area (Å²) < 4.78 is 11.9. The maximum atomic E-state index is 9.90. The molecule has 0 bridgehead atoms. The molecule has 1 aliphatic heterocycles. The zero-order valence-electron chi connectivity index (χ0n) is 13.2. The molecule has 0 saturated carbocycles. The fourth-order valence-corrected chi connectivity index (χ4v) is 3.01. The van der Waals surface area contributed by atoms with Crippen LogP contribution in [0.5, 0.6) is 0 Å². The number of hydrogen-bond donors (Lipinski definition) is 2. The highest BCUT2D eigenvalue weighted by atomic mass is 16.5. The maximum absolute atomic E-state index is 9.90. The smallest absolute Gasteiger partial charge is 0.0903 e. The number of rotatable bonds is 6. The third kappa shape index (κ3) is 4.04. The van der Waals surface area contributed by atoms with Gasteiger partial charge in [-0.25, -0.2) is 0 Å². The van der Waals surface area contributed by atoms with E-state index in [1.54, 1.807) is 0 Å². The van der Waals surface area contributed by atoms with Crippen LogP contribution >= 0.6 is 0 Å². The van der Waals surface area contributed by atoms with Crippen LogP contribution in [0.25, 0.3) is 0 Å². The first kappa shape index (κ1) is 16.4. The maximum Gasteiger partial charge on any atom is 0.0903 e. The van der Waals surface area contributed by atoms with Crippen LogP contribution in [-0.2, 0) is 15.0 Å². The minimum atomic E-state index is -0.550. The van der Waals surface area contributed by atoms with Gasteiger partial charge in [0, 0.05) is 0 Å². The summed E-state index contributed by atoms with van der Waals surface area (Å²) in [6.07, 6.45) is 2.46. The van der Waals surface area contributed by atoms with E-state index < -0.39 is 5.54 Å². The molecule has 1 aromatic carbocycles. The Morgan fingerprint density at radius 1 is 1.24 bits per heavy atom. The molecule has 3 atom stereocenters. The van der Waals surface area contributed by atoms with Gasteiger partial charge in [0.05, 0.1) is 37.1 Å². The van der Waals surface area contributed by atoms with Gasteiger partial charge in [-0.1, -0.05) is 30.3 Å². The second-order valence-electron chi connectivity index (χ2n) is 6.02. The molecule has 21 heavy (non-hydrogen) atoms. The first-order chi connectivity index (χ1) is 10.1. The Morgan fingerprint density at radius 2 is 1.86 bits per heavy atom. The zero-order valence-corrected chi connectivity index (χ0v) is 13.2. The van der Waals surface area contributed by atoms with Crippen molar-refractivity contribution in [3.8, 4) is 0 Å². The van der Waals surface area contributed by atoms with E-state index in [1.807, 2.05) is 37.4 Å². The standard InChI is InChI=1S/C17H27NO3/c1-13-9-16(10-14(2)21-13)20-12-17(11-19,18-3)15-7-5-4-6-8-15/h4-8,13-14,16,18-19H,9-12H2,1-3H3. The van der Waals surface area contributed by atoms with Crippen molar-refractivity contribution in [2.45, 2.75) is 50.5 Å². The molecular formula is C17H27NO3. The van der Waals surface area contributed by atoms with Gasteiger partial charge in [0.2, 0.25) is 0 Å². The van der Waals surface area contributed by atoms with Gasteiger partial charge in [-0.3, -0.25) is 0 Å². The predicted octanol–water partition coefficient (Wildman–Crippen LogP) is 2.07. The first-order valence-electron chi connectivity index (χ1n) is 7.72. The summed E-state index contributed by atoms with van der Waals surface area (Å²) in [4.78, 5) is 0. The van der Waals surface area contributed by atoms with Crippen LogP contribution in [0, 0.1) is 0 Å². The Balaban J connectivity index is 2.03. The fraction of sp³-hybridized carbons (Fsp3) is 0.647. The molecule has 1 heterocycles. The van der Waals surface area contributed by atoms with Crippen molar-refractivity contribution in [2.24, 2.45) is 0 Å². The van der Waals surface area contributed by atoms with Crippen molar-refractivity contribution < 1.29 is 14.6 Å². The van der Waals surface area contributed by atoms with Crippen molar-refractivity contribution in [3.63, 3.8) is 0 Å². The van der Waals surface area contributed by atoms with E-state index in [9.17, 15) is 5.11 Å². The Labute approximate surface area is 127 Å². The summed E-state index contributed by atoms with van der Waals surface area (Å²) in [5.41, 5.74) is 0.495. The molecule has 4 nitrogen and oxygen atoms in total. The Morgan fingerprint density at radius 3 is 2.38 bits per heavy atom. The molecule has 0 radical (unpaired) electrons. The molecule has 0 amide bonds. The number of likely N-dealkylation sites (N-methyl/N-ethyl adjacent to an activating group) is 1. The van der Waals surface area contributed by atoms with Crippen molar-refractivity contribution in [3.05, 3.63) is 35.9 Å². The van der Waals surface area contributed by atoms with Crippen LogP contribution in [0.3, 0.4) is 0 Å². The largest absolute Gasteiger partial charge is 0.394 e. The highest BCUT2D eigenvalue weighted by Gasteiger charge is 2.33. The summed E-state index contributed by atoms with van der Waals surface area (Å²) in [7, 11) is 1.86. The summed E-state index contributed by atoms with van der Waals surface area (Å²) in [5, 5.41) is 13.1. The number of aliphatic hydroxyl groups excluding tert-OH is 1. The van der Waals surface area contributed by atoms with Gasteiger partial charge in [-0.15, -0.1) is 0 Å². The summed E-state index contributed by atoms with van der Waals surface area (Å²) >= 11 is 0. The van der Waals surface area contributed by atoms with E-state index in [0.717, 1.165) is 18.4 Å². The van der Waals surface area contributed by atoms with E-state index in [4.69, 9.17) is 9.47 Å². The van der Waals surface area contributed by atoms with E-state index in [1.165, 1.54) is 0 Å². The quantitative estimate of drug-likeness (QED) is 0.843. The average Bonchev–Trinajstić information content (AvgIpc) is 2.49. The fourth-order valence-electron chi connectivity index (χ4n) is 3.01. The zero-order chi connectivity index (χ0) is 15.3. The predicted molar refractivity (Wildman–Crippen MR) is 83.2 cm³/mol. The SMILES string of the molecule is CNC(CO)(COC1CC(C)OC(C)C1)c1ccccc1. The molecule has 2 rings (SSSR count). The third-order valence-corrected chi connectivity index (χ3v) is 4.29. The van der Waals surface area contributed by atoms with E-state index in [0.29, 0.717) is 6.61 Å². The molecule has 1 aliphatic rings. The van der Waals surface area contributed by atoms with Crippen molar-refractivity contribution >= 4 is 0 Å². The summed E-state index contributed by atoms with van der Waals surface area (Å²) in [5.74, 6) is 0. The van der Waals surface area contributed by atoms with Gasteiger partial charge in [0.1, 0.15) is 0 Å². The van der Waals surface area contributed by atoms with Crippen molar-refractivity contribution in [1.82, 2.24) is 5.32 Å². The highest BCUT2D eigenvalue weighted by molar-refractivity contribution is 5.24. The van der Waals surface area contributed by atoms with E-state index >= 15 is 0 Å². The van der Waals surface area contributed by atoms with Crippen molar-refractivity contribution in [1.29, 1.82) is 0 Å². The Hall–Kier alpha value is -0.940. The average molecular weight is 293 g/mol. The van der Waals surface area contributed by atoms with Gasteiger partial charge < -0.3 is 19.9 Å². The Kier molecular flexibility index (Phi) is 5.76. The normalized spacial score (nSPS) is 29.0. The lowest BCUT2D eigenvalue weighted by atomic mass is 9.91. The Bertz CT molecular complexity index is 409. The minimum Gasteiger partial charge on any atom is -0.394 e. The number of nitrogens with one attached hydrogen (secondary N) is 1.